The quantitative estimate of drug-likeness (QED) is 0.453. The zero-order chi connectivity index (χ0) is 30.9. The van der Waals surface area contributed by atoms with Gasteiger partial charge in [-0.2, -0.15) is 13.2 Å². The molecule has 2 saturated heterocycles. The molecule has 0 radical (unpaired) electrons. The minimum Gasteiger partial charge on any atom is -0.383 e. The molecule has 2 atom stereocenters. The molecule has 3 heterocycles. The van der Waals surface area contributed by atoms with Crippen LogP contribution in [0.15, 0.2) is 66.9 Å². The first-order valence-electron chi connectivity index (χ1n) is 15.8. The topological polar surface area (TPSA) is 67.3 Å². The largest absolute Gasteiger partial charge is 0.416 e. The van der Waals surface area contributed by atoms with Crippen LogP contribution in [0.2, 0.25) is 0 Å². The van der Waals surface area contributed by atoms with E-state index < -0.39 is 17.3 Å². The predicted molar refractivity (Wildman–Crippen MR) is 160 cm³/mol. The van der Waals surface area contributed by atoms with Crippen molar-refractivity contribution in [1.29, 1.82) is 0 Å². The number of nitrogens with zero attached hydrogens (tertiary/aromatic N) is 4. The minimum absolute atomic E-state index is 0.0517. The summed E-state index contributed by atoms with van der Waals surface area (Å²) < 4.78 is 38.8. The molecule has 6 rings (SSSR count). The standard InChI is InChI=1S/C34H41F3N4O3/c35-34(36,37)28-13-11-25(12-14-28)21-39-17-6-18-41(32(39)43)30-15-19-38(20-16-30)22-29-23-40(31(42)26-7-4-5-8-26)24-33(29,44)27-9-2-1-3-10-27/h1-3,6,9-14,17,26,29-30,44H,4-5,7-8,15-16,18-24H2/t29-,33-/m0/s1. The maximum absolute atomic E-state index is 13.4. The second kappa shape index (κ2) is 12.6. The van der Waals surface area contributed by atoms with Crippen LogP contribution in [0.5, 0.6) is 0 Å². The Bertz CT molecular complexity index is 1340. The summed E-state index contributed by atoms with van der Waals surface area (Å²) in [4.78, 5) is 34.4. The Hall–Kier alpha value is -3.37. The van der Waals surface area contributed by atoms with Gasteiger partial charge in [0.2, 0.25) is 5.91 Å². The molecule has 3 amide bonds. The van der Waals surface area contributed by atoms with Crippen molar-refractivity contribution < 1.29 is 27.9 Å². The number of rotatable bonds is 7. The van der Waals surface area contributed by atoms with Crippen molar-refractivity contribution in [2.45, 2.75) is 62.9 Å². The molecule has 236 valence electrons. The monoisotopic (exact) mass is 610 g/mol. The lowest BCUT2D eigenvalue weighted by Gasteiger charge is -2.42. The van der Waals surface area contributed by atoms with E-state index in [9.17, 15) is 27.9 Å². The molecule has 3 aliphatic heterocycles. The van der Waals surface area contributed by atoms with Gasteiger partial charge in [-0.15, -0.1) is 0 Å². The van der Waals surface area contributed by atoms with E-state index in [2.05, 4.69) is 4.90 Å². The van der Waals surface area contributed by atoms with Crippen LogP contribution in [0, 0.1) is 11.8 Å². The summed E-state index contributed by atoms with van der Waals surface area (Å²) in [6.45, 7) is 3.77. The lowest BCUT2D eigenvalue weighted by molar-refractivity contribution is -0.137. The molecule has 0 spiro atoms. The predicted octanol–water partition coefficient (Wildman–Crippen LogP) is 5.46. The van der Waals surface area contributed by atoms with Crippen LogP contribution in [0.3, 0.4) is 0 Å². The fourth-order valence-corrected chi connectivity index (χ4v) is 7.50. The van der Waals surface area contributed by atoms with Crippen LogP contribution in [0.25, 0.3) is 0 Å². The summed E-state index contributed by atoms with van der Waals surface area (Å²) in [6, 6.07) is 14.6. The number of hydrogen-bond acceptors (Lipinski definition) is 4. The van der Waals surface area contributed by atoms with Gasteiger partial charge in [0, 0.05) is 56.8 Å². The Balaban J connectivity index is 1.07. The Morgan fingerprint density at radius 2 is 1.64 bits per heavy atom. The lowest BCUT2D eigenvalue weighted by Crippen LogP contribution is -2.53. The third-order valence-electron chi connectivity index (χ3n) is 10.0. The highest BCUT2D eigenvalue weighted by molar-refractivity contribution is 5.79. The molecule has 2 aromatic rings. The number of carbonyl (C=O) groups excluding carboxylic acids is 2. The molecule has 0 unspecified atom stereocenters. The number of piperidine rings is 1. The van der Waals surface area contributed by atoms with Crippen molar-refractivity contribution in [1.82, 2.24) is 19.6 Å². The molecular weight excluding hydrogens is 569 g/mol. The van der Waals surface area contributed by atoms with Gasteiger partial charge in [-0.1, -0.05) is 55.3 Å². The highest BCUT2D eigenvalue weighted by Crippen LogP contribution is 2.40. The highest BCUT2D eigenvalue weighted by atomic mass is 19.4. The molecule has 10 heteroatoms. The second-order valence-electron chi connectivity index (χ2n) is 12.9. The van der Waals surface area contributed by atoms with E-state index in [0.29, 0.717) is 31.7 Å². The van der Waals surface area contributed by atoms with Crippen LogP contribution >= 0.6 is 0 Å². The van der Waals surface area contributed by atoms with E-state index in [1.54, 1.807) is 11.1 Å². The Kier molecular flexibility index (Phi) is 8.75. The Morgan fingerprint density at radius 1 is 0.955 bits per heavy atom. The van der Waals surface area contributed by atoms with Crippen LogP contribution in [-0.2, 0) is 23.1 Å². The number of aliphatic hydroxyl groups is 1. The van der Waals surface area contributed by atoms with E-state index in [-0.39, 0.29) is 36.4 Å². The highest BCUT2D eigenvalue weighted by Gasteiger charge is 2.49. The average molecular weight is 611 g/mol. The number of alkyl halides is 3. The summed E-state index contributed by atoms with van der Waals surface area (Å²) in [6.07, 6.45) is 4.87. The van der Waals surface area contributed by atoms with E-state index in [1.165, 1.54) is 12.1 Å². The van der Waals surface area contributed by atoms with E-state index >= 15 is 0 Å². The second-order valence-corrected chi connectivity index (χ2v) is 12.9. The van der Waals surface area contributed by atoms with Crippen molar-refractivity contribution in [3.05, 3.63) is 83.6 Å². The normalized spacial score (nSPS) is 25.8. The number of β-amino-alcohol motifs (C(OH)–C–C–N with tert-alkyl or cyclic N) is 1. The third kappa shape index (κ3) is 6.38. The molecule has 1 N–H and O–H groups in total. The Labute approximate surface area is 256 Å². The molecule has 44 heavy (non-hydrogen) atoms. The van der Waals surface area contributed by atoms with Gasteiger partial charge in [0.25, 0.3) is 0 Å². The van der Waals surface area contributed by atoms with Gasteiger partial charge in [-0.3, -0.25) is 9.69 Å². The number of halogens is 3. The molecule has 4 aliphatic rings. The maximum Gasteiger partial charge on any atom is 0.416 e. The van der Waals surface area contributed by atoms with Gasteiger partial charge in [0.1, 0.15) is 5.60 Å². The van der Waals surface area contributed by atoms with Gasteiger partial charge in [-0.25, -0.2) is 4.79 Å². The minimum atomic E-state index is -4.39. The first-order chi connectivity index (χ1) is 21.1. The smallest absolute Gasteiger partial charge is 0.383 e. The molecule has 2 aromatic carbocycles. The number of carbonyl (C=O) groups is 2. The van der Waals surface area contributed by atoms with Crippen LogP contribution in [0.4, 0.5) is 18.0 Å². The van der Waals surface area contributed by atoms with Gasteiger partial charge in [0.05, 0.1) is 18.7 Å². The van der Waals surface area contributed by atoms with Gasteiger partial charge in [-0.05, 0) is 55.0 Å². The zero-order valence-electron chi connectivity index (χ0n) is 25.0. The van der Waals surface area contributed by atoms with E-state index in [0.717, 1.165) is 69.3 Å². The first-order valence-corrected chi connectivity index (χ1v) is 15.8. The molecular formula is C34H41F3N4O3. The Morgan fingerprint density at radius 3 is 2.30 bits per heavy atom. The first kappa shape index (κ1) is 30.6. The van der Waals surface area contributed by atoms with Gasteiger partial charge in [0.15, 0.2) is 0 Å². The van der Waals surface area contributed by atoms with Gasteiger partial charge >= 0.3 is 12.2 Å². The zero-order valence-corrected chi connectivity index (χ0v) is 25.0. The summed E-state index contributed by atoms with van der Waals surface area (Å²) in [5, 5.41) is 12.1. The number of likely N-dealkylation sites (tertiary alicyclic amines) is 2. The molecule has 0 bridgehead atoms. The summed E-state index contributed by atoms with van der Waals surface area (Å²) in [5.41, 5.74) is -0.335. The SMILES string of the molecule is O=C(C1CCCC1)N1C[C@H](CN2CCC(N3CC=CN(Cc4ccc(C(F)(F)F)cc4)C3=O)CC2)[C@@](O)(c2ccccc2)C1. The summed E-state index contributed by atoms with van der Waals surface area (Å²) in [5.74, 6) is 0.126. The van der Waals surface area contributed by atoms with Crippen LogP contribution < -0.4 is 0 Å². The van der Waals surface area contributed by atoms with E-state index in [1.807, 2.05) is 46.2 Å². The molecule has 1 saturated carbocycles. The van der Waals surface area contributed by atoms with Crippen LogP contribution in [0.1, 0.15) is 55.2 Å². The van der Waals surface area contributed by atoms with Crippen molar-refractivity contribution in [2.75, 3.05) is 39.3 Å². The van der Waals surface area contributed by atoms with Crippen molar-refractivity contribution in [3.63, 3.8) is 0 Å². The number of benzene rings is 2. The van der Waals surface area contributed by atoms with Crippen molar-refractivity contribution >= 4 is 11.9 Å². The number of hydrogen-bond donors (Lipinski definition) is 1. The van der Waals surface area contributed by atoms with Crippen molar-refractivity contribution in [2.24, 2.45) is 11.8 Å². The maximum atomic E-state index is 13.4. The van der Waals surface area contributed by atoms with E-state index in [4.69, 9.17) is 0 Å². The number of urea groups is 1. The summed E-state index contributed by atoms with van der Waals surface area (Å²) >= 11 is 0. The fraction of sp³-hybridized carbons (Fsp3) is 0.529. The molecule has 1 aliphatic carbocycles. The molecule has 3 fully saturated rings. The summed E-state index contributed by atoms with van der Waals surface area (Å²) in [7, 11) is 0. The van der Waals surface area contributed by atoms with Gasteiger partial charge < -0.3 is 19.8 Å². The molecule has 0 aromatic heterocycles. The third-order valence-corrected chi connectivity index (χ3v) is 10.0. The fourth-order valence-electron chi connectivity index (χ4n) is 7.50. The molecule has 7 nitrogen and oxygen atoms in total. The lowest BCUT2D eigenvalue weighted by atomic mass is 9.83. The average Bonchev–Trinajstić information content (AvgIpc) is 3.68. The van der Waals surface area contributed by atoms with Crippen molar-refractivity contribution in [3.8, 4) is 0 Å². The number of amides is 3. The van der Waals surface area contributed by atoms with Crippen LogP contribution in [-0.4, -0.2) is 82.0 Å².